The summed E-state index contributed by atoms with van der Waals surface area (Å²) < 4.78 is 4.15. The molecule has 2 rings (SSSR count). The van der Waals surface area contributed by atoms with Crippen LogP contribution in [0.15, 0.2) is 12.7 Å². The van der Waals surface area contributed by atoms with Gasteiger partial charge in [0.25, 0.3) is 6.47 Å². The number of amides is 1. The second-order valence-corrected chi connectivity index (χ2v) is 4.65. The van der Waals surface area contributed by atoms with E-state index in [0.717, 1.165) is 6.42 Å². The van der Waals surface area contributed by atoms with Gasteiger partial charge in [-0.1, -0.05) is 6.08 Å². The van der Waals surface area contributed by atoms with E-state index < -0.39 is 0 Å². The molecule has 0 spiro atoms. The van der Waals surface area contributed by atoms with E-state index in [0.29, 0.717) is 32.0 Å². The minimum absolute atomic E-state index is 0.0101. The molecule has 0 aromatic carbocycles. The van der Waals surface area contributed by atoms with Gasteiger partial charge in [-0.05, 0) is 25.7 Å². The predicted molar refractivity (Wildman–Crippen MR) is 70.3 cm³/mol. The minimum Gasteiger partial charge on any atom is -0.468 e. The molecule has 0 bridgehead atoms. The first-order chi connectivity index (χ1) is 9.12. The summed E-state index contributed by atoms with van der Waals surface area (Å²) in [6.07, 6.45) is 3.03. The molecule has 1 amide bonds. The van der Waals surface area contributed by atoms with E-state index in [1.54, 1.807) is 6.92 Å². The van der Waals surface area contributed by atoms with E-state index >= 15 is 0 Å². The Balaban J connectivity index is 0.000000312. The molecule has 0 aromatic heterocycles. The van der Waals surface area contributed by atoms with Gasteiger partial charge in [0.1, 0.15) is 0 Å². The monoisotopic (exact) mass is 270 g/mol. The number of carbonyl (C=O) groups is 2. The maximum absolute atomic E-state index is 11.6. The van der Waals surface area contributed by atoms with Crippen LogP contribution in [0.5, 0.6) is 0 Å². The third-order valence-electron chi connectivity index (χ3n) is 3.13. The second-order valence-electron chi connectivity index (χ2n) is 4.65. The topological polar surface area (TPSA) is 87.7 Å². The Morgan fingerprint density at radius 3 is 2.68 bits per heavy atom. The van der Waals surface area contributed by atoms with E-state index in [1.165, 1.54) is 0 Å². The molecule has 0 radical (unpaired) electrons. The highest BCUT2D eigenvalue weighted by atomic mass is 16.5. The van der Waals surface area contributed by atoms with Crippen LogP contribution in [0.4, 0.5) is 0 Å². The lowest BCUT2D eigenvalue weighted by atomic mass is 10.2. The van der Waals surface area contributed by atoms with Crippen LogP contribution >= 0.6 is 0 Å². The first-order valence-electron chi connectivity index (χ1n) is 6.52. The number of carbonyl (C=O) groups excluding carboxylic acids is 2. The Morgan fingerprint density at radius 1 is 1.58 bits per heavy atom. The lowest BCUT2D eigenvalue weighted by Gasteiger charge is -2.10. The van der Waals surface area contributed by atoms with E-state index in [1.807, 2.05) is 6.08 Å². The fraction of sp³-hybridized carbons (Fsp3) is 0.692. The van der Waals surface area contributed by atoms with Gasteiger partial charge in [0.05, 0.1) is 18.8 Å². The first-order valence-corrected chi connectivity index (χ1v) is 6.52. The molecule has 4 atom stereocenters. The van der Waals surface area contributed by atoms with Gasteiger partial charge in [0.15, 0.2) is 0 Å². The number of aliphatic hydroxyl groups excluding tert-OH is 1. The van der Waals surface area contributed by atoms with Crippen molar-refractivity contribution in [1.82, 2.24) is 10.6 Å². The van der Waals surface area contributed by atoms with Crippen molar-refractivity contribution in [3.63, 3.8) is 0 Å². The maximum Gasteiger partial charge on any atom is 0.293 e. The van der Waals surface area contributed by atoms with Gasteiger partial charge in [-0.25, -0.2) is 0 Å². The van der Waals surface area contributed by atoms with Crippen LogP contribution in [0, 0.1) is 5.92 Å². The lowest BCUT2D eigenvalue weighted by Crippen LogP contribution is -2.41. The Kier molecular flexibility index (Phi) is 6.52. The van der Waals surface area contributed by atoms with Gasteiger partial charge in [-0.2, -0.15) is 0 Å². The van der Waals surface area contributed by atoms with Crippen LogP contribution in [0.3, 0.4) is 0 Å². The third-order valence-corrected chi connectivity index (χ3v) is 3.13. The molecule has 4 unspecified atom stereocenters. The number of rotatable bonds is 5. The summed E-state index contributed by atoms with van der Waals surface area (Å²) >= 11 is 0. The number of aliphatic hydroxyl groups is 1. The molecule has 1 aliphatic carbocycles. The molecular weight excluding hydrogens is 248 g/mol. The van der Waals surface area contributed by atoms with E-state index in [-0.39, 0.29) is 24.1 Å². The summed E-state index contributed by atoms with van der Waals surface area (Å²) in [5.74, 6) is 0.459. The number of hydrogen-bond acceptors (Lipinski definition) is 5. The van der Waals surface area contributed by atoms with Gasteiger partial charge in [0.2, 0.25) is 5.91 Å². The number of hydrogen-bond donors (Lipinski definition) is 3. The van der Waals surface area contributed by atoms with Crippen molar-refractivity contribution in [2.75, 3.05) is 13.2 Å². The Hall–Kier alpha value is -1.40. The molecule has 108 valence electrons. The van der Waals surface area contributed by atoms with Gasteiger partial charge >= 0.3 is 0 Å². The highest BCUT2D eigenvalue weighted by Crippen LogP contribution is 2.31. The van der Waals surface area contributed by atoms with Crippen molar-refractivity contribution in [2.45, 2.75) is 38.0 Å². The van der Waals surface area contributed by atoms with Crippen LogP contribution in [-0.4, -0.2) is 48.8 Å². The van der Waals surface area contributed by atoms with Gasteiger partial charge in [0, 0.05) is 12.6 Å². The zero-order valence-electron chi connectivity index (χ0n) is 11.2. The summed E-state index contributed by atoms with van der Waals surface area (Å²) in [6, 6.07) is 0.0654. The Labute approximate surface area is 113 Å². The molecule has 1 saturated heterocycles. The molecule has 1 saturated carbocycles. The largest absolute Gasteiger partial charge is 0.468 e. The minimum atomic E-state index is -0.375. The normalized spacial score (nSPS) is 31.7. The zero-order chi connectivity index (χ0) is 14.3. The Bertz CT molecular complexity index is 322. The maximum atomic E-state index is 11.6. The molecule has 0 aromatic rings. The molecule has 6 nitrogen and oxygen atoms in total. The SMILES string of the molecule is C=CC1CC1NC(=O)C1CC(O)CN1.CCOC=O. The predicted octanol–water partition coefficient (Wildman–Crippen LogP) is -0.421. The summed E-state index contributed by atoms with van der Waals surface area (Å²) in [5.41, 5.74) is 0. The smallest absolute Gasteiger partial charge is 0.293 e. The van der Waals surface area contributed by atoms with E-state index in [4.69, 9.17) is 0 Å². The van der Waals surface area contributed by atoms with Crippen molar-refractivity contribution in [3.8, 4) is 0 Å². The zero-order valence-corrected chi connectivity index (χ0v) is 11.2. The molecule has 1 heterocycles. The summed E-state index contributed by atoms with van der Waals surface area (Å²) in [5, 5.41) is 15.2. The highest BCUT2D eigenvalue weighted by molar-refractivity contribution is 5.82. The molecule has 2 aliphatic rings. The van der Waals surface area contributed by atoms with Gasteiger partial charge < -0.3 is 20.5 Å². The van der Waals surface area contributed by atoms with Crippen LogP contribution < -0.4 is 10.6 Å². The molecule has 1 aliphatic heterocycles. The van der Waals surface area contributed by atoms with Crippen molar-refractivity contribution < 1.29 is 19.4 Å². The summed E-state index contributed by atoms with van der Waals surface area (Å²) in [7, 11) is 0. The number of nitrogens with one attached hydrogen (secondary N) is 2. The van der Waals surface area contributed by atoms with E-state index in [2.05, 4.69) is 21.9 Å². The van der Waals surface area contributed by atoms with Crippen LogP contribution in [0.1, 0.15) is 19.8 Å². The fourth-order valence-electron chi connectivity index (χ4n) is 1.91. The summed E-state index contributed by atoms with van der Waals surface area (Å²) in [4.78, 5) is 20.8. The molecule has 3 N–H and O–H groups in total. The Morgan fingerprint density at radius 2 is 2.32 bits per heavy atom. The molecule has 6 heteroatoms. The molecule has 2 fully saturated rings. The first kappa shape index (κ1) is 15.7. The standard InChI is InChI=1S/C10H16N2O2.C3H6O2/c1-2-6-3-8(6)12-10(14)9-4-7(13)5-11-9;1-2-5-3-4/h2,6-9,11,13H,1,3-5H2,(H,12,14);3H,2H2,1H3. The second kappa shape index (κ2) is 7.91. The van der Waals surface area contributed by atoms with Crippen LogP contribution in [0.25, 0.3) is 0 Å². The van der Waals surface area contributed by atoms with E-state index in [9.17, 15) is 14.7 Å². The van der Waals surface area contributed by atoms with Gasteiger partial charge in [-0.15, -0.1) is 6.58 Å². The average Bonchev–Trinajstić information content (AvgIpc) is 3.00. The average molecular weight is 270 g/mol. The van der Waals surface area contributed by atoms with Crippen molar-refractivity contribution in [2.24, 2.45) is 5.92 Å². The lowest BCUT2D eigenvalue weighted by molar-refractivity contribution is -0.128. The molecule has 19 heavy (non-hydrogen) atoms. The fourth-order valence-corrected chi connectivity index (χ4v) is 1.91. The van der Waals surface area contributed by atoms with Crippen LogP contribution in [-0.2, 0) is 14.3 Å². The highest BCUT2D eigenvalue weighted by Gasteiger charge is 2.38. The van der Waals surface area contributed by atoms with Crippen LogP contribution in [0.2, 0.25) is 0 Å². The van der Waals surface area contributed by atoms with Crippen molar-refractivity contribution in [1.29, 1.82) is 0 Å². The number of ether oxygens (including phenoxy) is 1. The van der Waals surface area contributed by atoms with Crippen molar-refractivity contribution >= 4 is 12.4 Å². The number of β-amino-alcohol motifs (C(OH)–C–C–N with tert-alkyl or cyclic N) is 1. The summed E-state index contributed by atoms with van der Waals surface area (Å²) in [6.45, 7) is 6.87. The quantitative estimate of drug-likeness (QED) is 0.466. The molecular formula is C13H22N2O4. The van der Waals surface area contributed by atoms with Crippen molar-refractivity contribution in [3.05, 3.63) is 12.7 Å². The van der Waals surface area contributed by atoms with Gasteiger partial charge in [-0.3, -0.25) is 9.59 Å². The third kappa shape index (κ3) is 5.40.